The van der Waals surface area contributed by atoms with E-state index in [4.69, 9.17) is 16.3 Å². The van der Waals surface area contributed by atoms with Crippen LogP contribution in [0.2, 0.25) is 5.02 Å². The number of carbonyl (C=O) groups is 1. The monoisotopic (exact) mass is 319 g/mol. The van der Waals surface area contributed by atoms with Gasteiger partial charge in [-0.1, -0.05) is 23.7 Å². The summed E-state index contributed by atoms with van der Waals surface area (Å²) in [5, 5.41) is 6.31. The first-order valence-corrected chi connectivity index (χ1v) is 7.25. The molecular formula is C16H18ClN3O2. The van der Waals surface area contributed by atoms with Gasteiger partial charge >= 0.3 is 6.03 Å². The Morgan fingerprint density at radius 3 is 2.91 bits per heavy atom. The quantitative estimate of drug-likeness (QED) is 0.888. The molecule has 2 rings (SSSR count). The van der Waals surface area contributed by atoms with E-state index >= 15 is 0 Å². The number of nitrogens with zero attached hydrogens (tertiary/aromatic N) is 1. The number of rotatable bonds is 5. The van der Waals surface area contributed by atoms with Crippen molar-refractivity contribution in [3.8, 4) is 5.88 Å². The topological polar surface area (TPSA) is 63.2 Å². The second kappa shape index (κ2) is 7.66. The minimum Gasteiger partial charge on any atom is -0.481 e. The fourth-order valence-electron chi connectivity index (χ4n) is 1.96. The highest BCUT2D eigenvalue weighted by molar-refractivity contribution is 6.30. The molecule has 1 unspecified atom stereocenters. The molecule has 0 aliphatic heterocycles. The van der Waals surface area contributed by atoms with E-state index < -0.39 is 0 Å². The van der Waals surface area contributed by atoms with Gasteiger partial charge in [0.15, 0.2) is 0 Å². The molecule has 6 heteroatoms. The highest BCUT2D eigenvalue weighted by Gasteiger charge is 2.09. The number of benzene rings is 1. The van der Waals surface area contributed by atoms with E-state index in [0.717, 1.165) is 11.1 Å². The lowest BCUT2D eigenvalue weighted by atomic mass is 10.1. The van der Waals surface area contributed by atoms with Gasteiger partial charge in [-0.15, -0.1) is 0 Å². The van der Waals surface area contributed by atoms with Gasteiger partial charge in [-0.05, 0) is 36.2 Å². The molecule has 0 fully saturated rings. The molecule has 0 aliphatic rings. The van der Waals surface area contributed by atoms with Crippen LogP contribution in [0.5, 0.6) is 5.88 Å². The summed E-state index contributed by atoms with van der Waals surface area (Å²) in [7, 11) is 1.55. The van der Waals surface area contributed by atoms with E-state index in [1.807, 2.05) is 31.2 Å². The first-order valence-electron chi connectivity index (χ1n) is 6.87. The van der Waals surface area contributed by atoms with Crippen molar-refractivity contribution in [2.24, 2.45) is 0 Å². The summed E-state index contributed by atoms with van der Waals surface area (Å²) in [6, 6.07) is 10.6. The van der Waals surface area contributed by atoms with Crippen molar-refractivity contribution in [3.63, 3.8) is 0 Å². The lowest BCUT2D eigenvalue weighted by molar-refractivity contribution is 0.237. The third-order valence-corrected chi connectivity index (χ3v) is 3.39. The first-order chi connectivity index (χ1) is 10.6. The molecule has 2 N–H and O–H groups in total. The largest absolute Gasteiger partial charge is 0.481 e. The number of pyridine rings is 1. The van der Waals surface area contributed by atoms with Crippen molar-refractivity contribution in [3.05, 3.63) is 58.7 Å². The molecule has 0 saturated carbocycles. The average Bonchev–Trinajstić information content (AvgIpc) is 2.53. The van der Waals surface area contributed by atoms with Crippen LogP contribution in [0.4, 0.5) is 4.79 Å². The molecule has 0 spiro atoms. The summed E-state index contributed by atoms with van der Waals surface area (Å²) in [5.41, 5.74) is 1.87. The van der Waals surface area contributed by atoms with Crippen molar-refractivity contribution in [2.75, 3.05) is 7.11 Å². The zero-order valence-corrected chi connectivity index (χ0v) is 13.2. The van der Waals surface area contributed by atoms with Crippen molar-refractivity contribution < 1.29 is 9.53 Å². The standard InChI is InChI=1S/C16H18ClN3O2/c1-11(13-4-3-5-14(17)9-13)20-16(21)19-10-12-6-7-18-15(8-12)22-2/h3-9,11H,10H2,1-2H3,(H2,19,20,21). The predicted molar refractivity (Wildman–Crippen MR) is 86.0 cm³/mol. The maximum absolute atomic E-state index is 11.9. The van der Waals surface area contributed by atoms with Crippen LogP contribution in [-0.4, -0.2) is 18.1 Å². The van der Waals surface area contributed by atoms with Gasteiger partial charge in [-0.2, -0.15) is 0 Å². The Kier molecular flexibility index (Phi) is 5.61. The lowest BCUT2D eigenvalue weighted by Gasteiger charge is -2.15. The zero-order valence-electron chi connectivity index (χ0n) is 12.5. The summed E-state index contributed by atoms with van der Waals surface area (Å²) in [5.74, 6) is 0.520. The fraction of sp³-hybridized carbons (Fsp3) is 0.250. The van der Waals surface area contributed by atoms with Gasteiger partial charge in [0.05, 0.1) is 13.2 Å². The lowest BCUT2D eigenvalue weighted by Crippen LogP contribution is -2.36. The molecule has 0 bridgehead atoms. The van der Waals surface area contributed by atoms with Gasteiger partial charge in [0.25, 0.3) is 0 Å². The van der Waals surface area contributed by atoms with Crippen LogP contribution in [-0.2, 0) is 6.54 Å². The van der Waals surface area contributed by atoms with Crippen LogP contribution < -0.4 is 15.4 Å². The molecule has 2 amide bonds. The van der Waals surface area contributed by atoms with Gasteiger partial charge in [0.2, 0.25) is 5.88 Å². The van der Waals surface area contributed by atoms with E-state index in [-0.39, 0.29) is 12.1 Å². The molecule has 1 atom stereocenters. The number of amides is 2. The zero-order chi connectivity index (χ0) is 15.9. The Morgan fingerprint density at radius 2 is 2.18 bits per heavy atom. The van der Waals surface area contributed by atoms with Gasteiger partial charge in [-0.3, -0.25) is 0 Å². The molecule has 0 aliphatic carbocycles. The molecule has 116 valence electrons. The minimum atomic E-state index is -0.247. The van der Waals surface area contributed by atoms with E-state index in [1.165, 1.54) is 0 Å². The van der Waals surface area contributed by atoms with Crippen molar-refractivity contribution in [1.82, 2.24) is 15.6 Å². The molecule has 1 aromatic carbocycles. The normalized spacial score (nSPS) is 11.6. The Balaban J connectivity index is 1.87. The molecule has 5 nitrogen and oxygen atoms in total. The number of nitrogens with one attached hydrogen (secondary N) is 2. The number of urea groups is 1. The number of hydrogen-bond donors (Lipinski definition) is 2. The maximum atomic E-state index is 11.9. The van der Waals surface area contributed by atoms with E-state index in [1.54, 1.807) is 25.4 Å². The van der Waals surface area contributed by atoms with Gasteiger partial charge < -0.3 is 15.4 Å². The smallest absolute Gasteiger partial charge is 0.315 e. The summed E-state index contributed by atoms with van der Waals surface area (Å²) >= 11 is 5.95. The molecule has 22 heavy (non-hydrogen) atoms. The molecule has 1 aromatic heterocycles. The van der Waals surface area contributed by atoms with Crippen LogP contribution in [0.1, 0.15) is 24.1 Å². The second-order valence-electron chi connectivity index (χ2n) is 4.81. The Hall–Kier alpha value is -2.27. The van der Waals surface area contributed by atoms with Crippen molar-refractivity contribution in [1.29, 1.82) is 0 Å². The molecule has 1 heterocycles. The average molecular weight is 320 g/mol. The molecular weight excluding hydrogens is 302 g/mol. The fourth-order valence-corrected chi connectivity index (χ4v) is 2.16. The SMILES string of the molecule is COc1cc(CNC(=O)NC(C)c2cccc(Cl)c2)ccn1. The number of hydrogen-bond acceptors (Lipinski definition) is 3. The number of aromatic nitrogens is 1. The Labute approximate surface area is 134 Å². The summed E-state index contributed by atoms with van der Waals surface area (Å²) in [6.45, 7) is 2.30. The third-order valence-electron chi connectivity index (χ3n) is 3.16. The van der Waals surface area contributed by atoms with Gasteiger partial charge in [-0.25, -0.2) is 9.78 Å². The van der Waals surface area contributed by atoms with Crippen molar-refractivity contribution in [2.45, 2.75) is 19.5 Å². The minimum absolute atomic E-state index is 0.134. The van der Waals surface area contributed by atoms with Crippen LogP contribution in [0.25, 0.3) is 0 Å². The number of ether oxygens (including phenoxy) is 1. The van der Waals surface area contributed by atoms with Crippen LogP contribution in [0, 0.1) is 0 Å². The van der Waals surface area contributed by atoms with Gasteiger partial charge in [0.1, 0.15) is 0 Å². The molecule has 0 saturated heterocycles. The van der Waals surface area contributed by atoms with E-state index in [2.05, 4.69) is 15.6 Å². The number of halogens is 1. The van der Waals surface area contributed by atoms with Crippen LogP contribution in [0.15, 0.2) is 42.6 Å². The summed E-state index contributed by atoms with van der Waals surface area (Å²) < 4.78 is 5.04. The molecule has 2 aromatic rings. The van der Waals surface area contributed by atoms with Crippen molar-refractivity contribution >= 4 is 17.6 Å². The highest BCUT2D eigenvalue weighted by Crippen LogP contribution is 2.17. The number of methoxy groups -OCH3 is 1. The van der Waals surface area contributed by atoms with E-state index in [9.17, 15) is 4.79 Å². The molecule has 0 radical (unpaired) electrons. The highest BCUT2D eigenvalue weighted by atomic mass is 35.5. The second-order valence-corrected chi connectivity index (χ2v) is 5.25. The predicted octanol–water partition coefficient (Wildman–Crippen LogP) is 3.30. The van der Waals surface area contributed by atoms with Crippen LogP contribution in [0.3, 0.4) is 0 Å². The summed E-state index contributed by atoms with van der Waals surface area (Å²) in [4.78, 5) is 16.0. The Bertz CT molecular complexity index is 649. The first kappa shape index (κ1) is 16.1. The summed E-state index contributed by atoms with van der Waals surface area (Å²) in [6.07, 6.45) is 1.64. The van der Waals surface area contributed by atoms with Gasteiger partial charge in [0, 0.05) is 23.8 Å². The van der Waals surface area contributed by atoms with Crippen LogP contribution >= 0.6 is 11.6 Å². The Morgan fingerprint density at radius 1 is 1.36 bits per heavy atom. The third kappa shape index (κ3) is 4.63. The van der Waals surface area contributed by atoms with E-state index in [0.29, 0.717) is 17.4 Å². The maximum Gasteiger partial charge on any atom is 0.315 e. The number of carbonyl (C=O) groups excluding carboxylic acids is 1.